The highest BCUT2D eigenvalue weighted by Crippen LogP contribution is 2.27. The summed E-state index contributed by atoms with van der Waals surface area (Å²) in [4.78, 5) is 48.4. The fourth-order valence-corrected chi connectivity index (χ4v) is 2.78. The topological polar surface area (TPSA) is 186 Å². The number of nitrogens with one attached hydrogen (secondary N) is 1. The summed E-state index contributed by atoms with van der Waals surface area (Å²) in [7, 11) is 1.23. The molecule has 0 saturated heterocycles. The van der Waals surface area contributed by atoms with Gasteiger partial charge in [0.1, 0.15) is 18.8 Å². The van der Waals surface area contributed by atoms with Crippen LogP contribution in [0.25, 0.3) is 10.4 Å². The summed E-state index contributed by atoms with van der Waals surface area (Å²) in [6.45, 7) is 3.04. The van der Waals surface area contributed by atoms with Gasteiger partial charge in [0.15, 0.2) is 6.10 Å². The number of aliphatic carboxylic acids is 1. The summed E-state index contributed by atoms with van der Waals surface area (Å²) < 4.78 is 20.9. The van der Waals surface area contributed by atoms with Gasteiger partial charge in [0.25, 0.3) is 0 Å². The molecular weight excluding hydrogens is 392 g/mol. The highest BCUT2D eigenvalue weighted by molar-refractivity contribution is 5.84. The van der Waals surface area contributed by atoms with Crippen molar-refractivity contribution < 1.29 is 43.2 Å². The minimum atomic E-state index is -1.45. The lowest BCUT2D eigenvalue weighted by molar-refractivity contribution is -0.177. The zero-order valence-corrected chi connectivity index (χ0v) is 16.2. The predicted octanol–water partition coefficient (Wildman–Crippen LogP) is 0.0471. The highest BCUT2D eigenvalue weighted by atomic mass is 16.6. The summed E-state index contributed by atoms with van der Waals surface area (Å²) in [6.07, 6.45) is -2.63. The lowest BCUT2D eigenvalue weighted by Gasteiger charge is -2.40. The average molecular weight is 414 g/mol. The van der Waals surface area contributed by atoms with E-state index in [0.717, 1.165) is 19.9 Å². The largest absolute Gasteiger partial charge is 0.478 e. The molecule has 160 valence electrons. The van der Waals surface area contributed by atoms with Gasteiger partial charge in [-0.1, -0.05) is 5.11 Å². The second kappa shape index (κ2) is 10.9. The van der Waals surface area contributed by atoms with Gasteiger partial charge in [0.2, 0.25) is 11.7 Å². The molecule has 1 aliphatic heterocycles. The number of carboxylic acids is 1. The van der Waals surface area contributed by atoms with E-state index in [4.69, 9.17) is 24.5 Å². The quantitative estimate of drug-likeness (QED) is 0.227. The van der Waals surface area contributed by atoms with Crippen molar-refractivity contribution in [2.75, 3.05) is 13.7 Å². The van der Waals surface area contributed by atoms with Crippen LogP contribution in [-0.4, -0.2) is 73.0 Å². The summed E-state index contributed by atoms with van der Waals surface area (Å²) in [6, 6.07) is -2.20. The summed E-state index contributed by atoms with van der Waals surface area (Å²) in [5.41, 5.74) is 8.82. The fourth-order valence-electron chi connectivity index (χ4n) is 2.78. The number of azide groups is 1. The van der Waals surface area contributed by atoms with Crippen LogP contribution in [0.1, 0.15) is 20.8 Å². The number of carbonyl (C=O) groups is 4. The number of hydrogen-bond acceptors (Lipinski definition) is 9. The second-order valence-corrected chi connectivity index (χ2v) is 5.99. The smallest absolute Gasteiger partial charge is 0.370 e. The van der Waals surface area contributed by atoms with Crippen LogP contribution in [0, 0.1) is 0 Å². The number of carboxylic acid groups (broad SMARTS) is 1. The van der Waals surface area contributed by atoms with Crippen molar-refractivity contribution in [1.29, 1.82) is 0 Å². The Labute approximate surface area is 165 Å². The standard InChI is InChI=1S/C16H22N4O9/c1-7(21)18-13-10(19-20-17)5-11(16(24)25)29-15(13)14(26-4)12(28-9(3)23)6-27-8(2)22/h5,10,12-15H,6H2,1-4H3,(H,18,21)(H,24,25)/t10-,12+,13+,14+,15+/m0/s1. The molecule has 13 heteroatoms. The van der Waals surface area contributed by atoms with Crippen molar-refractivity contribution in [3.63, 3.8) is 0 Å². The Bertz CT molecular complexity index is 732. The van der Waals surface area contributed by atoms with Crippen molar-refractivity contribution in [2.24, 2.45) is 5.11 Å². The van der Waals surface area contributed by atoms with Gasteiger partial charge >= 0.3 is 17.9 Å². The Hall–Kier alpha value is -3.31. The van der Waals surface area contributed by atoms with Crippen molar-refractivity contribution in [3.05, 3.63) is 22.3 Å². The lowest BCUT2D eigenvalue weighted by atomic mass is 9.92. The number of amides is 1. The van der Waals surface area contributed by atoms with E-state index in [-0.39, 0.29) is 0 Å². The third-order valence-corrected chi connectivity index (χ3v) is 3.80. The Morgan fingerprint density at radius 3 is 2.41 bits per heavy atom. The molecule has 13 nitrogen and oxygen atoms in total. The Kier molecular flexibility index (Phi) is 8.90. The van der Waals surface area contributed by atoms with Crippen LogP contribution in [0.5, 0.6) is 0 Å². The van der Waals surface area contributed by atoms with Gasteiger partial charge < -0.3 is 29.4 Å². The van der Waals surface area contributed by atoms with Crippen LogP contribution in [0.4, 0.5) is 0 Å². The molecule has 1 aliphatic rings. The number of esters is 2. The molecule has 0 radical (unpaired) electrons. The molecule has 1 rings (SSSR count). The normalized spacial score (nSPS) is 22.6. The molecule has 1 heterocycles. The van der Waals surface area contributed by atoms with E-state index in [1.807, 2.05) is 0 Å². The second-order valence-electron chi connectivity index (χ2n) is 5.99. The van der Waals surface area contributed by atoms with Crippen molar-refractivity contribution in [3.8, 4) is 0 Å². The molecule has 0 fully saturated rings. The van der Waals surface area contributed by atoms with E-state index in [2.05, 4.69) is 15.3 Å². The van der Waals surface area contributed by atoms with Crippen LogP contribution in [0.2, 0.25) is 0 Å². The highest BCUT2D eigenvalue weighted by Gasteiger charge is 2.46. The van der Waals surface area contributed by atoms with Gasteiger partial charge in [0, 0.05) is 32.8 Å². The van der Waals surface area contributed by atoms with Gasteiger partial charge in [-0.15, -0.1) is 0 Å². The van der Waals surface area contributed by atoms with Crippen LogP contribution in [0.15, 0.2) is 16.9 Å². The first-order valence-electron chi connectivity index (χ1n) is 8.37. The predicted molar refractivity (Wildman–Crippen MR) is 94.1 cm³/mol. The van der Waals surface area contributed by atoms with E-state index in [0.29, 0.717) is 0 Å². The molecule has 0 aromatic rings. The number of methoxy groups -OCH3 is 1. The first kappa shape index (κ1) is 23.7. The van der Waals surface area contributed by atoms with Crippen molar-refractivity contribution in [2.45, 2.75) is 51.2 Å². The maximum Gasteiger partial charge on any atom is 0.370 e. The molecule has 2 N–H and O–H groups in total. The SMILES string of the molecule is CO[C@@H]([C@@H]1OC(C(=O)O)=C[C@H](N=[N+]=[N-])[C@H]1NC(C)=O)[C@@H](COC(C)=O)OC(C)=O. The first-order valence-corrected chi connectivity index (χ1v) is 8.37. The zero-order valence-electron chi connectivity index (χ0n) is 16.2. The van der Waals surface area contributed by atoms with Crippen LogP contribution in [0.3, 0.4) is 0 Å². The van der Waals surface area contributed by atoms with Crippen LogP contribution < -0.4 is 5.32 Å². The van der Waals surface area contributed by atoms with Gasteiger partial charge in [-0.3, -0.25) is 14.4 Å². The number of ether oxygens (including phenoxy) is 4. The molecule has 0 unspecified atom stereocenters. The van der Waals surface area contributed by atoms with Crippen LogP contribution >= 0.6 is 0 Å². The van der Waals surface area contributed by atoms with Crippen LogP contribution in [-0.2, 0) is 38.1 Å². The Balaban J connectivity index is 3.39. The molecule has 0 aromatic heterocycles. The van der Waals surface area contributed by atoms with E-state index in [1.165, 1.54) is 14.0 Å². The third-order valence-electron chi connectivity index (χ3n) is 3.80. The van der Waals surface area contributed by atoms with E-state index < -0.39 is 66.6 Å². The monoisotopic (exact) mass is 414 g/mol. The number of rotatable bonds is 9. The maximum absolute atomic E-state index is 11.7. The maximum atomic E-state index is 11.7. The number of nitrogens with zero attached hydrogens (tertiary/aromatic N) is 3. The molecule has 0 spiro atoms. The minimum absolute atomic E-state index is 0.418. The van der Waals surface area contributed by atoms with Gasteiger partial charge in [-0.05, 0) is 11.6 Å². The molecule has 29 heavy (non-hydrogen) atoms. The molecule has 0 aliphatic carbocycles. The van der Waals surface area contributed by atoms with E-state index in [9.17, 15) is 24.3 Å². The lowest BCUT2D eigenvalue weighted by Crippen LogP contribution is -2.60. The Morgan fingerprint density at radius 1 is 1.31 bits per heavy atom. The molecular formula is C16H22N4O9. The summed E-state index contributed by atoms with van der Waals surface area (Å²) in [5.74, 6) is -3.90. The summed E-state index contributed by atoms with van der Waals surface area (Å²) in [5, 5.41) is 15.3. The van der Waals surface area contributed by atoms with Gasteiger partial charge in [-0.2, -0.15) is 0 Å². The summed E-state index contributed by atoms with van der Waals surface area (Å²) >= 11 is 0. The zero-order chi connectivity index (χ0) is 22.1. The molecule has 5 atom stereocenters. The third kappa shape index (κ3) is 6.97. The first-order chi connectivity index (χ1) is 13.6. The molecule has 0 aromatic carbocycles. The number of hydrogen-bond donors (Lipinski definition) is 2. The molecule has 0 saturated carbocycles. The minimum Gasteiger partial charge on any atom is -0.478 e. The van der Waals surface area contributed by atoms with E-state index in [1.54, 1.807) is 0 Å². The molecule has 0 bridgehead atoms. The molecule has 1 amide bonds. The van der Waals surface area contributed by atoms with Crippen molar-refractivity contribution in [1.82, 2.24) is 5.32 Å². The van der Waals surface area contributed by atoms with Gasteiger partial charge in [0.05, 0.1) is 12.1 Å². The van der Waals surface area contributed by atoms with Gasteiger partial charge in [-0.25, -0.2) is 4.79 Å². The van der Waals surface area contributed by atoms with E-state index >= 15 is 0 Å². The Morgan fingerprint density at radius 2 is 1.97 bits per heavy atom. The average Bonchev–Trinajstić information content (AvgIpc) is 2.61. The van der Waals surface area contributed by atoms with Crippen molar-refractivity contribution >= 4 is 23.8 Å². The number of carbonyl (C=O) groups excluding carboxylic acids is 3. The fraction of sp³-hybridized carbons (Fsp3) is 0.625.